The van der Waals surface area contributed by atoms with E-state index in [2.05, 4.69) is 9.97 Å². The lowest BCUT2D eigenvalue weighted by Crippen LogP contribution is -2.30. The molecule has 1 aromatic heterocycles. The molecule has 0 fully saturated rings. The van der Waals surface area contributed by atoms with E-state index in [0.717, 1.165) is 0 Å². The van der Waals surface area contributed by atoms with Crippen LogP contribution in [0.5, 0.6) is 5.88 Å². The summed E-state index contributed by atoms with van der Waals surface area (Å²) in [4.78, 5) is 20.0. The molecule has 0 radical (unpaired) electrons. The Hall–Kier alpha value is -1.85. The molecule has 0 atom stereocenters. The quantitative estimate of drug-likeness (QED) is 0.759. The van der Waals surface area contributed by atoms with Gasteiger partial charge in [-0.05, 0) is 6.92 Å². The highest BCUT2D eigenvalue weighted by Crippen LogP contribution is 2.14. The molecule has 1 aromatic rings. The van der Waals surface area contributed by atoms with Gasteiger partial charge in [0.1, 0.15) is 18.7 Å². The highest BCUT2D eigenvalue weighted by molar-refractivity contribution is 5.73. The number of hydrogen-bond acceptors (Lipinski definition) is 5. The maximum absolute atomic E-state index is 10.6. The number of methoxy groups -OCH3 is 1. The fourth-order valence-electron chi connectivity index (χ4n) is 1.13. The topological polar surface area (TPSA) is 75.6 Å². The Kier molecular flexibility index (Phi) is 3.84. The standard InChI is InChI=1S/C9H13N3O3/c1-3-12(5-9(13)14)7-4-8(15-2)11-6-10-7/h4,6H,3,5H2,1-2H3,(H,13,14). The number of rotatable bonds is 5. The van der Waals surface area contributed by atoms with Crippen molar-refractivity contribution in [3.05, 3.63) is 12.4 Å². The average Bonchev–Trinajstić information content (AvgIpc) is 2.25. The maximum Gasteiger partial charge on any atom is 0.323 e. The minimum Gasteiger partial charge on any atom is -0.481 e. The van der Waals surface area contributed by atoms with Gasteiger partial charge in [0.15, 0.2) is 0 Å². The molecule has 0 amide bonds. The van der Waals surface area contributed by atoms with E-state index in [4.69, 9.17) is 9.84 Å². The van der Waals surface area contributed by atoms with Gasteiger partial charge in [0.2, 0.25) is 5.88 Å². The molecule has 6 nitrogen and oxygen atoms in total. The summed E-state index contributed by atoms with van der Waals surface area (Å²) in [5, 5.41) is 8.69. The number of anilines is 1. The van der Waals surface area contributed by atoms with Crippen LogP contribution < -0.4 is 9.64 Å². The van der Waals surface area contributed by atoms with E-state index in [-0.39, 0.29) is 6.54 Å². The third-order valence-electron chi connectivity index (χ3n) is 1.87. The molecule has 0 aliphatic carbocycles. The summed E-state index contributed by atoms with van der Waals surface area (Å²) in [7, 11) is 1.50. The Labute approximate surface area is 87.5 Å². The highest BCUT2D eigenvalue weighted by atomic mass is 16.5. The molecule has 0 spiro atoms. The monoisotopic (exact) mass is 211 g/mol. The third kappa shape index (κ3) is 3.08. The van der Waals surface area contributed by atoms with E-state index < -0.39 is 5.97 Å². The molecule has 1 N–H and O–H groups in total. The van der Waals surface area contributed by atoms with Crippen LogP contribution in [0.1, 0.15) is 6.92 Å². The second kappa shape index (κ2) is 5.14. The Balaban J connectivity index is 2.85. The van der Waals surface area contributed by atoms with E-state index in [1.807, 2.05) is 6.92 Å². The molecule has 0 aliphatic heterocycles. The fraction of sp³-hybridized carbons (Fsp3) is 0.444. The van der Waals surface area contributed by atoms with Crippen molar-refractivity contribution in [3.8, 4) is 5.88 Å². The van der Waals surface area contributed by atoms with Gasteiger partial charge >= 0.3 is 5.97 Å². The van der Waals surface area contributed by atoms with Crippen molar-refractivity contribution in [2.45, 2.75) is 6.92 Å². The van der Waals surface area contributed by atoms with Crippen molar-refractivity contribution in [1.82, 2.24) is 9.97 Å². The number of nitrogens with zero attached hydrogens (tertiary/aromatic N) is 3. The first-order valence-electron chi connectivity index (χ1n) is 4.50. The Morgan fingerprint density at radius 1 is 1.60 bits per heavy atom. The van der Waals surface area contributed by atoms with Crippen LogP contribution in [0.2, 0.25) is 0 Å². The number of hydrogen-bond donors (Lipinski definition) is 1. The second-order valence-electron chi connectivity index (χ2n) is 2.83. The number of carboxylic acids is 1. The van der Waals surface area contributed by atoms with Gasteiger partial charge in [-0.2, -0.15) is 0 Å². The van der Waals surface area contributed by atoms with Crippen LogP contribution in [0.3, 0.4) is 0 Å². The largest absolute Gasteiger partial charge is 0.481 e. The predicted molar refractivity (Wildman–Crippen MR) is 54.1 cm³/mol. The molecule has 82 valence electrons. The zero-order chi connectivity index (χ0) is 11.3. The van der Waals surface area contributed by atoms with Crippen LogP contribution in [0.4, 0.5) is 5.82 Å². The van der Waals surface area contributed by atoms with Crippen molar-refractivity contribution >= 4 is 11.8 Å². The van der Waals surface area contributed by atoms with Crippen molar-refractivity contribution in [2.24, 2.45) is 0 Å². The van der Waals surface area contributed by atoms with E-state index >= 15 is 0 Å². The summed E-state index contributed by atoms with van der Waals surface area (Å²) in [5.41, 5.74) is 0. The van der Waals surface area contributed by atoms with Gasteiger partial charge in [0, 0.05) is 12.6 Å². The van der Waals surface area contributed by atoms with Gasteiger partial charge in [0.25, 0.3) is 0 Å². The van der Waals surface area contributed by atoms with E-state index in [0.29, 0.717) is 18.2 Å². The van der Waals surface area contributed by atoms with E-state index in [9.17, 15) is 4.79 Å². The zero-order valence-corrected chi connectivity index (χ0v) is 8.67. The van der Waals surface area contributed by atoms with Gasteiger partial charge in [0.05, 0.1) is 7.11 Å². The number of ether oxygens (including phenoxy) is 1. The smallest absolute Gasteiger partial charge is 0.323 e. The van der Waals surface area contributed by atoms with E-state index in [1.54, 1.807) is 11.0 Å². The number of carbonyl (C=O) groups is 1. The minimum atomic E-state index is -0.894. The Morgan fingerprint density at radius 2 is 2.33 bits per heavy atom. The molecule has 15 heavy (non-hydrogen) atoms. The summed E-state index contributed by atoms with van der Waals surface area (Å²) < 4.78 is 4.93. The molecule has 1 heterocycles. The SMILES string of the molecule is CCN(CC(=O)O)c1cc(OC)ncn1. The third-order valence-corrected chi connectivity index (χ3v) is 1.87. The summed E-state index contributed by atoms with van der Waals surface area (Å²) in [6.07, 6.45) is 1.35. The maximum atomic E-state index is 10.6. The second-order valence-corrected chi connectivity index (χ2v) is 2.83. The first kappa shape index (κ1) is 11.2. The van der Waals surface area contributed by atoms with Gasteiger partial charge in [-0.1, -0.05) is 0 Å². The Morgan fingerprint density at radius 3 is 2.87 bits per heavy atom. The average molecular weight is 211 g/mol. The predicted octanol–water partition coefficient (Wildman–Crippen LogP) is 0.396. The van der Waals surface area contributed by atoms with Crippen molar-refractivity contribution < 1.29 is 14.6 Å². The van der Waals surface area contributed by atoms with Crippen molar-refractivity contribution in [3.63, 3.8) is 0 Å². The molecule has 0 unspecified atom stereocenters. The van der Waals surface area contributed by atoms with Gasteiger partial charge in [-0.25, -0.2) is 9.97 Å². The first-order chi connectivity index (χ1) is 7.17. The number of carboxylic acid groups (broad SMARTS) is 1. The lowest BCUT2D eigenvalue weighted by Gasteiger charge is -2.19. The highest BCUT2D eigenvalue weighted by Gasteiger charge is 2.10. The number of aromatic nitrogens is 2. The molecule has 0 bridgehead atoms. The molecule has 6 heteroatoms. The molecular weight excluding hydrogens is 198 g/mol. The molecule has 0 saturated heterocycles. The number of likely N-dealkylation sites (N-methyl/N-ethyl adjacent to an activating group) is 1. The van der Waals surface area contributed by atoms with Crippen LogP contribution in [0.15, 0.2) is 12.4 Å². The molecule has 0 saturated carbocycles. The van der Waals surface area contributed by atoms with Crippen LogP contribution >= 0.6 is 0 Å². The van der Waals surface area contributed by atoms with Crippen LogP contribution in [0, 0.1) is 0 Å². The van der Waals surface area contributed by atoms with E-state index in [1.165, 1.54) is 13.4 Å². The summed E-state index contributed by atoms with van der Waals surface area (Å²) in [6, 6.07) is 1.60. The van der Waals surface area contributed by atoms with Crippen molar-refractivity contribution in [2.75, 3.05) is 25.1 Å². The fourth-order valence-corrected chi connectivity index (χ4v) is 1.13. The molecular formula is C9H13N3O3. The van der Waals surface area contributed by atoms with Crippen molar-refractivity contribution in [1.29, 1.82) is 0 Å². The lowest BCUT2D eigenvalue weighted by atomic mass is 10.4. The molecule has 1 rings (SSSR count). The van der Waals surface area contributed by atoms with Gasteiger partial charge in [-0.3, -0.25) is 4.79 Å². The zero-order valence-electron chi connectivity index (χ0n) is 8.67. The van der Waals surface area contributed by atoms with Crippen LogP contribution in [-0.4, -0.2) is 41.2 Å². The molecule has 0 aromatic carbocycles. The number of aliphatic carboxylic acids is 1. The summed E-state index contributed by atoms with van der Waals surface area (Å²) in [5.74, 6) is 0.0741. The lowest BCUT2D eigenvalue weighted by molar-refractivity contribution is -0.135. The minimum absolute atomic E-state index is 0.0866. The first-order valence-corrected chi connectivity index (χ1v) is 4.50. The normalized spacial score (nSPS) is 9.73. The summed E-state index contributed by atoms with van der Waals surface area (Å²) in [6.45, 7) is 2.33. The van der Waals surface area contributed by atoms with Crippen LogP contribution in [0.25, 0.3) is 0 Å². The molecule has 0 aliphatic rings. The summed E-state index contributed by atoms with van der Waals surface area (Å²) >= 11 is 0. The van der Waals surface area contributed by atoms with Gasteiger partial charge < -0.3 is 14.7 Å². The van der Waals surface area contributed by atoms with Gasteiger partial charge in [-0.15, -0.1) is 0 Å². The Bertz CT molecular complexity index is 343. The van der Waals surface area contributed by atoms with Crippen LogP contribution in [-0.2, 0) is 4.79 Å².